The summed E-state index contributed by atoms with van der Waals surface area (Å²) < 4.78 is 0. The van der Waals surface area contributed by atoms with Crippen LogP contribution in [0.5, 0.6) is 0 Å². The first-order chi connectivity index (χ1) is 11.9. The van der Waals surface area contributed by atoms with E-state index >= 15 is 0 Å². The first-order valence-electron chi connectivity index (χ1n) is 8.04. The molecule has 0 saturated carbocycles. The maximum Gasteiger partial charge on any atom is 0.321 e. The number of hydrogen-bond donors (Lipinski definition) is 3. The summed E-state index contributed by atoms with van der Waals surface area (Å²) in [6.45, 7) is 2.32. The standard InChI is InChI=1S/C19H24N4O2/c1-13-7-9-15(10-8-13)17(20)18(24)21-12-14-5-4-6-16(11-14)22-19(25)23(2)3/h4-11,17H,12,20H2,1-3H3,(H,21,24)(H,22,25). The molecule has 0 heterocycles. The zero-order valence-corrected chi connectivity index (χ0v) is 14.7. The molecule has 2 rings (SSSR count). The molecule has 0 bridgehead atoms. The van der Waals surface area contributed by atoms with Gasteiger partial charge in [0.15, 0.2) is 0 Å². The topological polar surface area (TPSA) is 87.5 Å². The second-order valence-electron chi connectivity index (χ2n) is 6.13. The van der Waals surface area contributed by atoms with Gasteiger partial charge in [-0.1, -0.05) is 42.0 Å². The van der Waals surface area contributed by atoms with Gasteiger partial charge >= 0.3 is 6.03 Å². The smallest absolute Gasteiger partial charge is 0.321 e. The molecule has 25 heavy (non-hydrogen) atoms. The van der Waals surface area contributed by atoms with Crippen molar-refractivity contribution >= 4 is 17.6 Å². The van der Waals surface area contributed by atoms with Crippen molar-refractivity contribution in [1.82, 2.24) is 10.2 Å². The number of benzene rings is 2. The molecule has 1 atom stereocenters. The lowest BCUT2D eigenvalue weighted by molar-refractivity contribution is -0.122. The molecule has 132 valence electrons. The van der Waals surface area contributed by atoms with Crippen LogP contribution >= 0.6 is 0 Å². The monoisotopic (exact) mass is 340 g/mol. The van der Waals surface area contributed by atoms with Crippen molar-refractivity contribution in [3.63, 3.8) is 0 Å². The number of hydrogen-bond acceptors (Lipinski definition) is 3. The van der Waals surface area contributed by atoms with Crippen molar-refractivity contribution in [2.45, 2.75) is 19.5 Å². The van der Waals surface area contributed by atoms with Crippen LogP contribution in [0.15, 0.2) is 48.5 Å². The maximum absolute atomic E-state index is 12.2. The minimum absolute atomic E-state index is 0.206. The number of anilines is 1. The average molecular weight is 340 g/mol. The van der Waals surface area contributed by atoms with Gasteiger partial charge in [-0.05, 0) is 30.2 Å². The lowest BCUT2D eigenvalue weighted by Crippen LogP contribution is -2.33. The molecule has 0 spiro atoms. The second-order valence-corrected chi connectivity index (χ2v) is 6.13. The third-order valence-electron chi connectivity index (χ3n) is 3.77. The molecule has 6 heteroatoms. The van der Waals surface area contributed by atoms with Gasteiger partial charge in [0.1, 0.15) is 6.04 Å². The lowest BCUT2D eigenvalue weighted by atomic mass is 10.1. The number of amides is 3. The number of carbonyl (C=O) groups excluding carboxylic acids is 2. The molecule has 6 nitrogen and oxygen atoms in total. The Morgan fingerprint density at radius 1 is 1.12 bits per heavy atom. The highest BCUT2D eigenvalue weighted by Gasteiger charge is 2.15. The van der Waals surface area contributed by atoms with Crippen LogP contribution in [-0.2, 0) is 11.3 Å². The molecule has 0 aromatic heterocycles. The van der Waals surface area contributed by atoms with Crippen LogP contribution in [0.3, 0.4) is 0 Å². The van der Waals surface area contributed by atoms with E-state index in [4.69, 9.17) is 5.73 Å². The summed E-state index contributed by atoms with van der Waals surface area (Å²) in [4.78, 5) is 25.4. The van der Waals surface area contributed by atoms with E-state index in [1.165, 1.54) is 4.90 Å². The molecule has 0 aliphatic carbocycles. The quantitative estimate of drug-likeness (QED) is 0.781. The normalized spacial score (nSPS) is 11.5. The molecule has 2 aromatic rings. The minimum atomic E-state index is -0.711. The summed E-state index contributed by atoms with van der Waals surface area (Å²) in [6, 6.07) is 14.0. The highest BCUT2D eigenvalue weighted by molar-refractivity contribution is 5.89. The first-order valence-corrected chi connectivity index (χ1v) is 8.04. The van der Waals surface area contributed by atoms with Crippen molar-refractivity contribution in [1.29, 1.82) is 0 Å². The van der Waals surface area contributed by atoms with Gasteiger partial charge in [-0.15, -0.1) is 0 Å². The molecule has 0 saturated heterocycles. The van der Waals surface area contributed by atoms with Crippen molar-refractivity contribution in [2.75, 3.05) is 19.4 Å². The molecule has 1 unspecified atom stereocenters. The van der Waals surface area contributed by atoms with Gasteiger partial charge in [0, 0.05) is 26.3 Å². The number of nitrogens with zero attached hydrogens (tertiary/aromatic N) is 1. The second kappa shape index (κ2) is 8.30. The van der Waals surface area contributed by atoms with E-state index in [-0.39, 0.29) is 11.9 Å². The number of rotatable bonds is 5. The number of nitrogens with two attached hydrogens (primary N) is 1. The lowest BCUT2D eigenvalue weighted by Gasteiger charge is -2.14. The third kappa shape index (κ3) is 5.32. The number of nitrogens with one attached hydrogen (secondary N) is 2. The molecule has 2 aromatic carbocycles. The number of carbonyl (C=O) groups is 2. The minimum Gasteiger partial charge on any atom is -0.350 e. The van der Waals surface area contributed by atoms with Gasteiger partial charge in [0.25, 0.3) is 0 Å². The predicted octanol–water partition coefficient (Wildman–Crippen LogP) is 2.40. The number of aryl methyl sites for hydroxylation is 1. The SMILES string of the molecule is Cc1ccc(C(N)C(=O)NCc2cccc(NC(=O)N(C)C)c2)cc1. The highest BCUT2D eigenvalue weighted by atomic mass is 16.2. The maximum atomic E-state index is 12.2. The molecular formula is C19H24N4O2. The molecular weight excluding hydrogens is 316 g/mol. The fourth-order valence-electron chi connectivity index (χ4n) is 2.22. The molecule has 4 N–H and O–H groups in total. The molecule has 0 fully saturated rings. The fraction of sp³-hybridized carbons (Fsp3) is 0.263. The van der Waals surface area contributed by atoms with Crippen LogP contribution in [0.25, 0.3) is 0 Å². The zero-order chi connectivity index (χ0) is 18.4. The van der Waals surface area contributed by atoms with Gasteiger partial charge in [0.2, 0.25) is 5.91 Å². The van der Waals surface area contributed by atoms with E-state index in [1.54, 1.807) is 20.2 Å². The Morgan fingerprint density at radius 2 is 1.80 bits per heavy atom. The van der Waals surface area contributed by atoms with Crippen LogP contribution in [0, 0.1) is 6.92 Å². The van der Waals surface area contributed by atoms with Crippen molar-refractivity contribution in [3.8, 4) is 0 Å². The molecule has 0 radical (unpaired) electrons. The van der Waals surface area contributed by atoms with Crippen LogP contribution in [0.2, 0.25) is 0 Å². The summed E-state index contributed by atoms with van der Waals surface area (Å²) >= 11 is 0. The Hall–Kier alpha value is -2.86. The third-order valence-corrected chi connectivity index (χ3v) is 3.77. The van der Waals surface area contributed by atoms with Gasteiger partial charge in [0.05, 0.1) is 0 Å². The van der Waals surface area contributed by atoms with Crippen LogP contribution in [0.4, 0.5) is 10.5 Å². The summed E-state index contributed by atoms with van der Waals surface area (Å²) in [5.41, 5.74) is 9.45. The van der Waals surface area contributed by atoms with Crippen molar-refractivity contribution in [3.05, 3.63) is 65.2 Å². The fourth-order valence-corrected chi connectivity index (χ4v) is 2.22. The Labute approximate surface area is 148 Å². The summed E-state index contributed by atoms with van der Waals surface area (Å²) in [5, 5.41) is 5.60. The number of urea groups is 1. The van der Waals surface area contributed by atoms with Crippen LogP contribution in [-0.4, -0.2) is 30.9 Å². The Morgan fingerprint density at radius 3 is 2.44 bits per heavy atom. The van der Waals surface area contributed by atoms with Crippen molar-refractivity contribution in [2.24, 2.45) is 5.73 Å². The van der Waals surface area contributed by atoms with Gasteiger partial charge in [-0.25, -0.2) is 4.79 Å². The zero-order valence-electron chi connectivity index (χ0n) is 14.7. The largest absolute Gasteiger partial charge is 0.350 e. The molecule has 0 aliphatic heterocycles. The first kappa shape index (κ1) is 18.5. The van der Waals surface area contributed by atoms with Crippen LogP contribution < -0.4 is 16.4 Å². The van der Waals surface area contributed by atoms with Gasteiger partial charge in [-0.2, -0.15) is 0 Å². The summed E-state index contributed by atoms with van der Waals surface area (Å²) in [7, 11) is 3.34. The van der Waals surface area contributed by atoms with E-state index < -0.39 is 6.04 Å². The predicted molar refractivity (Wildman–Crippen MR) is 99.1 cm³/mol. The van der Waals surface area contributed by atoms with E-state index in [0.29, 0.717) is 12.2 Å². The van der Waals surface area contributed by atoms with Crippen LogP contribution in [0.1, 0.15) is 22.7 Å². The summed E-state index contributed by atoms with van der Waals surface area (Å²) in [6.07, 6.45) is 0. The molecule has 0 aliphatic rings. The Kier molecular flexibility index (Phi) is 6.14. The van der Waals surface area contributed by atoms with Gasteiger partial charge < -0.3 is 21.3 Å². The van der Waals surface area contributed by atoms with E-state index in [2.05, 4.69) is 10.6 Å². The molecule has 3 amide bonds. The Balaban J connectivity index is 1.95. The average Bonchev–Trinajstić information content (AvgIpc) is 2.60. The van der Waals surface area contributed by atoms with E-state index in [1.807, 2.05) is 49.4 Å². The van der Waals surface area contributed by atoms with E-state index in [0.717, 1.165) is 16.7 Å². The highest BCUT2D eigenvalue weighted by Crippen LogP contribution is 2.13. The summed E-state index contributed by atoms with van der Waals surface area (Å²) in [5.74, 6) is -0.244. The van der Waals surface area contributed by atoms with Crippen molar-refractivity contribution < 1.29 is 9.59 Å². The van der Waals surface area contributed by atoms with E-state index in [9.17, 15) is 9.59 Å². The Bertz CT molecular complexity index is 741. The van der Waals surface area contributed by atoms with Gasteiger partial charge in [-0.3, -0.25) is 4.79 Å².